The lowest BCUT2D eigenvalue weighted by atomic mass is 9.85. The molecule has 2 aromatic carbocycles. The van der Waals surface area contributed by atoms with Crippen molar-refractivity contribution in [2.24, 2.45) is 5.92 Å². The highest BCUT2D eigenvalue weighted by Gasteiger charge is 2.25. The summed E-state index contributed by atoms with van der Waals surface area (Å²) in [5.41, 5.74) is 8.51. The lowest BCUT2D eigenvalue weighted by molar-refractivity contribution is 0.0977. The Hall–Kier alpha value is -3.59. The molecule has 0 unspecified atom stereocenters. The van der Waals surface area contributed by atoms with Gasteiger partial charge in [-0.2, -0.15) is 10.4 Å². The van der Waals surface area contributed by atoms with Crippen LogP contribution in [-0.4, -0.2) is 22.2 Å². The first kappa shape index (κ1) is 17.8. The van der Waals surface area contributed by atoms with E-state index in [0.717, 1.165) is 12.2 Å². The van der Waals surface area contributed by atoms with Gasteiger partial charge in [-0.05, 0) is 55.2 Å². The van der Waals surface area contributed by atoms with Crippen molar-refractivity contribution in [2.75, 3.05) is 17.2 Å². The summed E-state index contributed by atoms with van der Waals surface area (Å²) in [4.78, 5) is 15.1. The van der Waals surface area contributed by atoms with Gasteiger partial charge in [-0.1, -0.05) is 24.6 Å². The molecular weight excluding hydrogens is 350 g/mol. The predicted octanol–water partition coefficient (Wildman–Crippen LogP) is 3.77. The molecular formula is C22H21N5O. The van der Waals surface area contributed by atoms with Gasteiger partial charge in [-0.15, -0.1) is 0 Å². The summed E-state index contributed by atoms with van der Waals surface area (Å²) in [6.07, 6.45) is 5.03. The normalized spacial score (nSPS) is 13.5. The highest BCUT2D eigenvalue weighted by Crippen LogP contribution is 2.30. The van der Waals surface area contributed by atoms with E-state index in [1.54, 1.807) is 24.3 Å². The summed E-state index contributed by atoms with van der Waals surface area (Å²) in [7, 11) is 0. The molecule has 6 nitrogen and oxygen atoms in total. The molecule has 1 aliphatic rings. The molecule has 0 atom stereocenters. The fourth-order valence-electron chi connectivity index (χ4n) is 3.40. The lowest BCUT2D eigenvalue weighted by Crippen LogP contribution is -2.37. The number of rotatable bonds is 5. The van der Waals surface area contributed by atoms with Crippen molar-refractivity contribution in [1.29, 1.82) is 5.26 Å². The Kier molecular flexibility index (Phi) is 4.81. The van der Waals surface area contributed by atoms with Crippen LogP contribution in [0.5, 0.6) is 0 Å². The van der Waals surface area contributed by atoms with E-state index >= 15 is 0 Å². The van der Waals surface area contributed by atoms with Gasteiger partial charge in [0.2, 0.25) is 0 Å². The van der Waals surface area contributed by atoms with Crippen LogP contribution in [0.15, 0.2) is 60.8 Å². The minimum Gasteiger partial charge on any atom is -0.382 e. The molecule has 1 aliphatic carbocycles. The Morgan fingerprint density at radius 3 is 2.46 bits per heavy atom. The number of benzene rings is 2. The molecule has 140 valence electrons. The number of hydrogen-bond donors (Lipinski definition) is 1. The standard InChI is InChI=1S/C22H21N5O/c23-13-18-14-25-27(21(18)24)20-11-9-17(10-12-20)22(28)26(15-16-5-4-6-16)19-7-2-1-3-8-19/h1-3,7-12,14,16H,4-6,15,24H2. The summed E-state index contributed by atoms with van der Waals surface area (Å²) in [6, 6.07) is 19.0. The maximum absolute atomic E-state index is 13.2. The average Bonchev–Trinajstić information content (AvgIpc) is 3.08. The number of nitrogens with zero attached hydrogens (tertiary/aromatic N) is 4. The van der Waals surface area contributed by atoms with Crippen molar-refractivity contribution in [3.8, 4) is 11.8 Å². The summed E-state index contributed by atoms with van der Waals surface area (Å²) in [5, 5.41) is 13.2. The zero-order valence-corrected chi connectivity index (χ0v) is 15.5. The van der Waals surface area contributed by atoms with Crippen LogP contribution in [-0.2, 0) is 0 Å². The number of aromatic nitrogens is 2. The van der Waals surface area contributed by atoms with Gasteiger partial charge in [0.1, 0.15) is 17.5 Å². The fourth-order valence-corrected chi connectivity index (χ4v) is 3.40. The third kappa shape index (κ3) is 3.35. The number of carbonyl (C=O) groups is 1. The van der Waals surface area contributed by atoms with Gasteiger partial charge in [-0.3, -0.25) is 4.79 Å². The number of nitriles is 1. The zero-order valence-electron chi connectivity index (χ0n) is 15.5. The van der Waals surface area contributed by atoms with E-state index in [4.69, 9.17) is 11.0 Å². The first-order chi connectivity index (χ1) is 13.7. The SMILES string of the molecule is N#Cc1cnn(-c2ccc(C(=O)N(CC3CCC3)c3ccccc3)cc2)c1N. The van der Waals surface area contributed by atoms with Gasteiger partial charge in [0.05, 0.1) is 11.9 Å². The second-order valence-electron chi connectivity index (χ2n) is 7.06. The van der Waals surface area contributed by atoms with Gasteiger partial charge in [-0.25, -0.2) is 4.68 Å². The molecule has 1 fully saturated rings. The maximum atomic E-state index is 13.2. The molecule has 4 rings (SSSR count). The van der Waals surface area contributed by atoms with Gasteiger partial charge in [0.25, 0.3) is 5.91 Å². The van der Waals surface area contributed by atoms with E-state index in [9.17, 15) is 4.79 Å². The number of anilines is 2. The Bertz CT molecular complexity index is 1010. The fraction of sp³-hybridized carbons (Fsp3) is 0.227. The van der Waals surface area contributed by atoms with E-state index in [-0.39, 0.29) is 11.7 Å². The van der Waals surface area contributed by atoms with Crippen LogP contribution in [0.1, 0.15) is 35.2 Å². The largest absolute Gasteiger partial charge is 0.382 e. The highest BCUT2D eigenvalue weighted by molar-refractivity contribution is 6.06. The van der Waals surface area contributed by atoms with Crippen LogP contribution >= 0.6 is 0 Å². The molecule has 0 radical (unpaired) electrons. The number of amides is 1. The van der Waals surface area contributed by atoms with E-state index in [1.807, 2.05) is 41.3 Å². The number of hydrogen-bond acceptors (Lipinski definition) is 4. The van der Waals surface area contributed by atoms with Crippen LogP contribution in [0.2, 0.25) is 0 Å². The van der Waals surface area contributed by atoms with Crippen LogP contribution < -0.4 is 10.6 Å². The third-order valence-corrected chi connectivity index (χ3v) is 5.26. The smallest absolute Gasteiger partial charge is 0.258 e. The molecule has 28 heavy (non-hydrogen) atoms. The molecule has 1 amide bonds. The highest BCUT2D eigenvalue weighted by atomic mass is 16.2. The number of nitrogen functional groups attached to an aromatic ring is 1. The van der Waals surface area contributed by atoms with Gasteiger partial charge >= 0.3 is 0 Å². The molecule has 0 spiro atoms. The van der Waals surface area contributed by atoms with E-state index in [2.05, 4.69) is 5.10 Å². The van der Waals surface area contributed by atoms with Gasteiger partial charge in [0, 0.05) is 17.8 Å². The molecule has 2 N–H and O–H groups in total. The van der Waals surface area contributed by atoms with Crippen molar-refractivity contribution in [2.45, 2.75) is 19.3 Å². The number of nitrogens with two attached hydrogens (primary N) is 1. The van der Waals surface area contributed by atoms with Crippen LogP contribution in [0.4, 0.5) is 11.5 Å². The van der Waals surface area contributed by atoms with Crippen molar-refractivity contribution < 1.29 is 4.79 Å². The average molecular weight is 371 g/mol. The van der Waals surface area contributed by atoms with Crippen LogP contribution in [0.3, 0.4) is 0 Å². The third-order valence-electron chi connectivity index (χ3n) is 5.26. The van der Waals surface area contributed by atoms with Crippen molar-refractivity contribution in [3.05, 3.63) is 71.9 Å². The molecule has 3 aromatic rings. The lowest BCUT2D eigenvalue weighted by Gasteiger charge is -2.32. The van der Waals surface area contributed by atoms with Crippen molar-refractivity contribution in [1.82, 2.24) is 9.78 Å². The Labute approximate surface area is 163 Å². The summed E-state index contributed by atoms with van der Waals surface area (Å²) in [6.45, 7) is 0.738. The zero-order chi connectivity index (χ0) is 19.5. The molecule has 6 heteroatoms. The van der Waals surface area contributed by atoms with Crippen molar-refractivity contribution >= 4 is 17.4 Å². The Balaban J connectivity index is 1.60. The molecule has 1 heterocycles. The topological polar surface area (TPSA) is 87.9 Å². The maximum Gasteiger partial charge on any atom is 0.258 e. The minimum absolute atomic E-state index is 0.0178. The van der Waals surface area contributed by atoms with E-state index in [1.165, 1.54) is 30.1 Å². The van der Waals surface area contributed by atoms with Crippen LogP contribution in [0, 0.1) is 17.2 Å². The monoisotopic (exact) mass is 371 g/mol. The summed E-state index contributed by atoms with van der Waals surface area (Å²) in [5.74, 6) is 0.838. The first-order valence-corrected chi connectivity index (χ1v) is 9.38. The quantitative estimate of drug-likeness (QED) is 0.739. The second-order valence-corrected chi connectivity index (χ2v) is 7.06. The van der Waals surface area contributed by atoms with Gasteiger partial charge in [0.15, 0.2) is 0 Å². The Morgan fingerprint density at radius 1 is 1.18 bits per heavy atom. The molecule has 1 saturated carbocycles. The molecule has 0 saturated heterocycles. The number of carbonyl (C=O) groups excluding carboxylic acids is 1. The molecule has 0 bridgehead atoms. The summed E-state index contributed by atoms with van der Waals surface area (Å²) < 4.78 is 1.50. The van der Waals surface area contributed by atoms with E-state index < -0.39 is 0 Å². The molecule has 1 aromatic heterocycles. The van der Waals surface area contributed by atoms with Crippen molar-refractivity contribution in [3.63, 3.8) is 0 Å². The predicted molar refractivity (Wildman–Crippen MR) is 108 cm³/mol. The number of para-hydroxylation sites is 1. The molecule has 0 aliphatic heterocycles. The van der Waals surface area contributed by atoms with E-state index in [0.29, 0.717) is 22.7 Å². The van der Waals surface area contributed by atoms with Gasteiger partial charge < -0.3 is 10.6 Å². The first-order valence-electron chi connectivity index (χ1n) is 9.38. The summed E-state index contributed by atoms with van der Waals surface area (Å²) >= 11 is 0. The minimum atomic E-state index is -0.0178. The van der Waals surface area contributed by atoms with Crippen LogP contribution in [0.25, 0.3) is 5.69 Å². The Morgan fingerprint density at radius 2 is 1.89 bits per heavy atom. The second kappa shape index (κ2) is 7.57.